The highest BCUT2D eigenvalue weighted by molar-refractivity contribution is 5.85. The second-order valence-electron chi connectivity index (χ2n) is 5.11. The monoisotopic (exact) mass is 334 g/mol. The normalized spacial score (nSPS) is 15.5. The number of nitrogens with one attached hydrogen (secondary N) is 1. The number of likely N-dealkylation sites (tertiary alicyclic amines) is 1. The fourth-order valence-corrected chi connectivity index (χ4v) is 2.55. The number of hydrogen-bond donors (Lipinski definition) is 1. The Morgan fingerprint density at radius 2 is 2.00 bits per heavy atom. The number of alkyl halides is 2. The molecule has 0 atom stereocenters. The number of piperidine rings is 1. The van der Waals surface area contributed by atoms with Crippen molar-refractivity contribution in [3.63, 3.8) is 0 Å². The van der Waals surface area contributed by atoms with Crippen LogP contribution in [0.4, 0.5) is 8.78 Å². The summed E-state index contributed by atoms with van der Waals surface area (Å²) in [6, 6.07) is 6.89. The van der Waals surface area contributed by atoms with Crippen LogP contribution in [0.2, 0.25) is 0 Å². The van der Waals surface area contributed by atoms with Crippen molar-refractivity contribution in [3.05, 3.63) is 29.8 Å². The minimum Gasteiger partial charge on any atom is -0.435 e. The predicted molar refractivity (Wildman–Crippen MR) is 82.7 cm³/mol. The zero-order valence-electron chi connectivity index (χ0n) is 12.4. The summed E-state index contributed by atoms with van der Waals surface area (Å²) in [5.74, 6) is 0.0285. The first-order chi connectivity index (χ1) is 10.1. The third-order valence-electron chi connectivity index (χ3n) is 3.79. The molecule has 1 aromatic rings. The van der Waals surface area contributed by atoms with E-state index < -0.39 is 6.61 Å². The van der Waals surface area contributed by atoms with E-state index in [1.807, 2.05) is 7.05 Å². The van der Waals surface area contributed by atoms with Crippen molar-refractivity contribution in [2.24, 2.45) is 0 Å². The molecule has 1 aliphatic rings. The Kier molecular flexibility index (Phi) is 7.55. The van der Waals surface area contributed by atoms with Crippen LogP contribution in [0.25, 0.3) is 0 Å². The number of ether oxygens (including phenoxy) is 1. The Hall–Kier alpha value is -1.40. The smallest absolute Gasteiger partial charge is 0.387 e. The topological polar surface area (TPSA) is 41.6 Å². The Labute approximate surface area is 135 Å². The molecule has 124 valence electrons. The third kappa shape index (κ3) is 5.10. The first kappa shape index (κ1) is 18.6. The third-order valence-corrected chi connectivity index (χ3v) is 3.79. The largest absolute Gasteiger partial charge is 0.435 e. The fourth-order valence-electron chi connectivity index (χ4n) is 2.55. The van der Waals surface area contributed by atoms with Crippen molar-refractivity contribution in [2.45, 2.75) is 31.9 Å². The quantitative estimate of drug-likeness (QED) is 0.899. The van der Waals surface area contributed by atoms with Gasteiger partial charge in [-0.05, 0) is 26.0 Å². The van der Waals surface area contributed by atoms with Crippen LogP contribution in [-0.4, -0.2) is 43.6 Å². The van der Waals surface area contributed by atoms with Crippen LogP contribution >= 0.6 is 12.4 Å². The molecule has 0 radical (unpaired) electrons. The van der Waals surface area contributed by atoms with E-state index in [-0.39, 0.29) is 30.5 Å². The molecule has 0 bridgehead atoms. The molecule has 1 N–H and O–H groups in total. The highest BCUT2D eigenvalue weighted by Gasteiger charge is 2.22. The van der Waals surface area contributed by atoms with Gasteiger partial charge in [-0.1, -0.05) is 18.2 Å². The standard InChI is InChI=1S/C15H20F2N2O2.ClH/c1-18-12-6-8-19(9-7-12)14(20)10-11-4-2-3-5-13(11)21-15(16)17;/h2-5,12,15,18H,6-10H2,1H3;1H. The van der Waals surface area contributed by atoms with E-state index in [4.69, 9.17) is 0 Å². The second kappa shape index (κ2) is 8.90. The van der Waals surface area contributed by atoms with Gasteiger partial charge in [0.05, 0.1) is 6.42 Å². The number of carbonyl (C=O) groups is 1. The minimum absolute atomic E-state index is 0. The van der Waals surface area contributed by atoms with E-state index in [1.165, 1.54) is 6.07 Å². The zero-order chi connectivity index (χ0) is 15.2. The van der Waals surface area contributed by atoms with Gasteiger partial charge in [0.2, 0.25) is 5.91 Å². The number of nitrogens with zero attached hydrogens (tertiary/aromatic N) is 1. The molecule has 22 heavy (non-hydrogen) atoms. The van der Waals surface area contributed by atoms with Crippen LogP contribution < -0.4 is 10.1 Å². The molecule has 1 amide bonds. The summed E-state index contributed by atoms with van der Waals surface area (Å²) in [5.41, 5.74) is 0.499. The summed E-state index contributed by atoms with van der Waals surface area (Å²) < 4.78 is 29.2. The molecule has 7 heteroatoms. The van der Waals surface area contributed by atoms with Crippen molar-refractivity contribution in [1.82, 2.24) is 10.2 Å². The SMILES string of the molecule is CNC1CCN(C(=O)Cc2ccccc2OC(F)F)CC1.Cl. The van der Waals surface area contributed by atoms with E-state index in [2.05, 4.69) is 10.1 Å². The average Bonchev–Trinajstić information content (AvgIpc) is 2.49. The van der Waals surface area contributed by atoms with E-state index in [9.17, 15) is 13.6 Å². The summed E-state index contributed by atoms with van der Waals surface area (Å²) in [7, 11) is 1.92. The lowest BCUT2D eigenvalue weighted by Crippen LogP contribution is -2.44. The molecule has 0 spiro atoms. The number of benzene rings is 1. The van der Waals surface area contributed by atoms with Gasteiger partial charge in [-0.3, -0.25) is 4.79 Å². The molecule has 4 nitrogen and oxygen atoms in total. The summed E-state index contributed by atoms with van der Waals surface area (Å²) >= 11 is 0. The predicted octanol–water partition coefficient (Wildman–Crippen LogP) is 2.46. The van der Waals surface area contributed by atoms with Gasteiger partial charge in [-0.15, -0.1) is 12.4 Å². The molecule has 0 saturated carbocycles. The molecule has 1 heterocycles. The van der Waals surface area contributed by atoms with E-state index in [0.29, 0.717) is 24.7 Å². The maximum absolute atomic E-state index is 12.4. The molecule has 1 aromatic carbocycles. The molecule has 1 saturated heterocycles. The van der Waals surface area contributed by atoms with Crippen LogP contribution in [0.1, 0.15) is 18.4 Å². The van der Waals surface area contributed by atoms with Crippen molar-refractivity contribution >= 4 is 18.3 Å². The number of hydrogen-bond acceptors (Lipinski definition) is 3. The van der Waals surface area contributed by atoms with Gasteiger partial charge in [-0.25, -0.2) is 0 Å². The van der Waals surface area contributed by atoms with Crippen molar-refractivity contribution in [3.8, 4) is 5.75 Å². The van der Waals surface area contributed by atoms with E-state index in [0.717, 1.165) is 12.8 Å². The van der Waals surface area contributed by atoms with Gasteiger partial charge in [0, 0.05) is 24.7 Å². The summed E-state index contributed by atoms with van der Waals surface area (Å²) in [6.45, 7) is -1.49. The van der Waals surface area contributed by atoms with Crippen LogP contribution in [0.15, 0.2) is 24.3 Å². The minimum atomic E-state index is -2.88. The van der Waals surface area contributed by atoms with Crippen molar-refractivity contribution in [2.75, 3.05) is 20.1 Å². The first-order valence-electron chi connectivity index (χ1n) is 7.08. The van der Waals surface area contributed by atoms with Gasteiger partial charge >= 0.3 is 6.61 Å². The van der Waals surface area contributed by atoms with E-state index in [1.54, 1.807) is 23.1 Å². The average molecular weight is 335 g/mol. The van der Waals surface area contributed by atoms with Crippen molar-refractivity contribution < 1.29 is 18.3 Å². The van der Waals surface area contributed by atoms with Crippen LogP contribution in [0.5, 0.6) is 5.75 Å². The lowest BCUT2D eigenvalue weighted by atomic mass is 10.0. The van der Waals surface area contributed by atoms with E-state index >= 15 is 0 Å². The Bertz CT molecular complexity index is 480. The van der Waals surface area contributed by atoms with Gasteiger partial charge in [0.15, 0.2) is 0 Å². The summed E-state index contributed by atoms with van der Waals surface area (Å²) in [6.07, 6.45) is 1.92. The van der Waals surface area contributed by atoms with Crippen LogP contribution in [-0.2, 0) is 11.2 Å². The highest BCUT2D eigenvalue weighted by atomic mass is 35.5. The van der Waals surface area contributed by atoms with Crippen LogP contribution in [0.3, 0.4) is 0 Å². The Balaban J connectivity index is 0.00000242. The lowest BCUT2D eigenvalue weighted by Gasteiger charge is -2.32. The fraction of sp³-hybridized carbons (Fsp3) is 0.533. The number of rotatable bonds is 5. The van der Waals surface area contributed by atoms with Gasteiger partial charge in [0.25, 0.3) is 0 Å². The van der Waals surface area contributed by atoms with Crippen LogP contribution in [0, 0.1) is 0 Å². The molecule has 0 aliphatic carbocycles. The number of halogens is 3. The van der Waals surface area contributed by atoms with Gasteiger partial charge in [0.1, 0.15) is 5.75 Å². The molecule has 2 rings (SSSR count). The van der Waals surface area contributed by atoms with Gasteiger partial charge < -0.3 is 15.0 Å². The molecule has 0 aromatic heterocycles. The summed E-state index contributed by atoms with van der Waals surface area (Å²) in [5, 5.41) is 3.20. The molecular weight excluding hydrogens is 314 g/mol. The highest BCUT2D eigenvalue weighted by Crippen LogP contribution is 2.22. The summed E-state index contributed by atoms with van der Waals surface area (Å²) in [4.78, 5) is 14.0. The number of carbonyl (C=O) groups excluding carboxylic acids is 1. The molecular formula is C15H21ClF2N2O2. The molecule has 1 fully saturated rings. The molecule has 1 aliphatic heterocycles. The Morgan fingerprint density at radius 1 is 1.36 bits per heavy atom. The maximum Gasteiger partial charge on any atom is 0.387 e. The van der Waals surface area contributed by atoms with Gasteiger partial charge in [-0.2, -0.15) is 8.78 Å². The second-order valence-corrected chi connectivity index (χ2v) is 5.11. The van der Waals surface area contributed by atoms with Crippen molar-refractivity contribution in [1.29, 1.82) is 0 Å². The number of amides is 1. The maximum atomic E-state index is 12.4. The lowest BCUT2D eigenvalue weighted by molar-refractivity contribution is -0.131. The Morgan fingerprint density at radius 3 is 2.59 bits per heavy atom. The number of para-hydroxylation sites is 1. The molecule has 0 unspecified atom stereocenters. The first-order valence-corrected chi connectivity index (χ1v) is 7.08. The zero-order valence-corrected chi connectivity index (χ0v) is 13.2.